The van der Waals surface area contributed by atoms with Gasteiger partial charge >= 0.3 is 5.97 Å². The maximum atomic E-state index is 13.3. The van der Waals surface area contributed by atoms with E-state index in [1.54, 1.807) is 4.90 Å². The minimum absolute atomic E-state index is 0.00909. The zero-order valence-corrected chi connectivity index (χ0v) is 23.0. The molecule has 0 radical (unpaired) electrons. The lowest BCUT2D eigenvalue weighted by molar-refractivity contribution is -0.116. The fourth-order valence-corrected chi connectivity index (χ4v) is 6.54. The molecule has 0 fully saturated rings. The van der Waals surface area contributed by atoms with Crippen molar-refractivity contribution in [3.05, 3.63) is 87.9 Å². The lowest BCUT2D eigenvalue weighted by atomic mass is 9.75. The number of allylic oxidation sites excluding steroid dienone is 3. The molecule has 40 heavy (non-hydrogen) atoms. The summed E-state index contributed by atoms with van der Waals surface area (Å²) in [4.78, 5) is 38.4. The summed E-state index contributed by atoms with van der Waals surface area (Å²) in [6, 6.07) is 15.9. The minimum Gasteiger partial charge on any atom is -0.478 e. The highest BCUT2D eigenvalue weighted by atomic mass is 32.2. The van der Waals surface area contributed by atoms with E-state index in [0.717, 1.165) is 16.8 Å². The third-order valence-electron chi connectivity index (χ3n) is 6.62. The number of nitrogens with one attached hydrogen (secondary N) is 1. The summed E-state index contributed by atoms with van der Waals surface area (Å²) in [5.74, 6) is -1.62. The molecule has 4 N–H and O–H groups in total. The van der Waals surface area contributed by atoms with E-state index in [4.69, 9.17) is 10.8 Å². The number of nitrogens with two attached hydrogens (primary N) is 1. The molecule has 0 bridgehead atoms. The number of hydrogen-bond acceptors (Lipinski definition) is 10. The van der Waals surface area contributed by atoms with Gasteiger partial charge < -0.3 is 16.2 Å². The molecule has 12 heteroatoms. The van der Waals surface area contributed by atoms with E-state index in [0.29, 0.717) is 40.0 Å². The van der Waals surface area contributed by atoms with Gasteiger partial charge in [-0.15, -0.1) is 10.2 Å². The number of amides is 1. The van der Waals surface area contributed by atoms with E-state index >= 15 is 0 Å². The SMILES string of the molecule is Cc1cccc(C2C(C#N)=C(N)N(c3nnc(SCC(=O)Nc4ccc(C(=O)O)cc4)s3)C3=C2C(=O)CCC3)c1. The molecule has 0 spiro atoms. The van der Waals surface area contributed by atoms with Crippen molar-refractivity contribution in [2.45, 2.75) is 36.4 Å². The first-order valence-electron chi connectivity index (χ1n) is 12.4. The van der Waals surface area contributed by atoms with Crippen LogP contribution in [-0.4, -0.2) is 38.7 Å². The van der Waals surface area contributed by atoms with Gasteiger partial charge in [-0.05, 0) is 49.6 Å². The number of aromatic nitrogens is 2. The summed E-state index contributed by atoms with van der Waals surface area (Å²) in [5.41, 5.74) is 10.7. The molecular weight excluding hydrogens is 548 g/mol. The molecule has 10 nitrogen and oxygen atoms in total. The standard InChI is InChI=1S/C28H24N6O4S2/c1-15-4-2-5-17(12-15)23-19(13-29)25(30)34(20-6-3-7-21(35)24(20)23)27-32-33-28(40-27)39-14-22(36)31-18-10-8-16(9-11-18)26(37)38/h2,4-5,8-12,23H,3,6-7,14,30H2,1H3,(H,31,36)(H,37,38). The quantitative estimate of drug-likeness (QED) is 0.342. The number of aryl methyl sites for hydroxylation is 1. The van der Waals surface area contributed by atoms with Crippen LogP contribution in [0.2, 0.25) is 0 Å². The third kappa shape index (κ3) is 5.34. The van der Waals surface area contributed by atoms with Crippen LogP contribution in [0.15, 0.2) is 75.5 Å². The zero-order valence-electron chi connectivity index (χ0n) is 21.4. The summed E-state index contributed by atoms with van der Waals surface area (Å²) in [5, 5.41) is 30.8. The van der Waals surface area contributed by atoms with Crippen molar-refractivity contribution in [2.75, 3.05) is 16.0 Å². The smallest absolute Gasteiger partial charge is 0.335 e. The van der Waals surface area contributed by atoms with E-state index in [1.807, 2.05) is 31.2 Å². The zero-order chi connectivity index (χ0) is 28.4. The van der Waals surface area contributed by atoms with E-state index < -0.39 is 11.9 Å². The van der Waals surface area contributed by atoms with E-state index in [1.165, 1.54) is 47.4 Å². The van der Waals surface area contributed by atoms with Crippen molar-refractivity contribution in [1.29, 1.82) is 5.26 Å². The van der Waals surface area contributed by atoms with E-state index in [2.05, 4.69) is 21.6 Å². The van der Waals surface area contributed by atoms with Crippen molar-refractivity contribution in [3.63, 3.8) is 0 Å². The first kappa shape index (κ1) is 27.1. The number of benzene rings is 2. The van der Waals surface area contributed by atoms with Crippen LogP contribution >= 0.6 is 23.1 Å². The van der Waals surface area contributed by atoms with Crippen LogP contribution in [0, 0.1) is 18.3 Å². The monoisotopic (exact) mass is 572 g/mol. The Hall–Kier alpha value is -4.47. The molecule has 1 unspecified atom stereocenters. The van der Waals surface area contributed by atoms with Gasteiger partial charge in [0.15, 0.2) is 10.1 Å². The van der Waals surface area contributed by atoms with Crippen LogP contribution in [0.1, 0.15) is 46.7 Å². The number of ketones is 1. The summed E-state index contributed by atoms with van der Waals surface area (Å²) < 4.78 is 0.516. The number of hydrogen-bond donors (Lipinski definition) is 3. The van der Waals surface area contributed by atoms with Crippen LogP contribution in [0.3, 0.4) is 0 Å². The van der Waals surface area contributed by atoms with Gasteiger partial charge in [0.25, 0.3) is 0 Å². The van der Waals surface area contributed by atoms with Crippen molar-refractivity contribution in [1.82, 2.24) is 10.2 Å². The highest BCUT2D eigenvalue weighted by molar-refractivity contribution is 8.01. The van der Waals surface area contributed by atoms with Crippen LogP contribution in [-0.2, 0) is 9.59 Å². The first-order chi connectivity index (χ1) is 19.3. The number of rotatable bonds is 7. The number of aromatic carboxylic acids is 1. The number of carbonyl (C=O) groups excluding carboxylic acids is 2. The number of thioether (sulfide) groups is 1. The van der Waals surface area contributed by atoms with Gasteiger partial charge in [0, 0.05) is 23.4 Å². The van der Waals surface area contributed by atoms with E-state index in [-0.39, 0.29) is 34.4 Å². The number of Topliss-reactive ketones (excluding diaryl/α,β-unsaturated/α-hetero) is 1. The molecule has 202 valence electrons. The van der Waals surface area contributed by atoms with Gasteiger partial charge in [-0.1, -0.05) is 52.9 Å². The second-order valence-electron chi connectivity index (χ2n) is 9.30. The number of carboxylic acids is 1. The molecule has 1 aliphatic carbocycles. The summed E-state index contributed by atoms with van der Waals surface area (Å²) >= 11 is 2.40. The average molecular weight is 573 g/mol. The van der Waals surface area contributed by atoms with Crippen molar-refractivity contribution in [2.24, 2.45) is 5.73 Å². The maximum Gasteiger partial charge on any atom is 0.335 e. The Kier molecular flexibility index (Phi) is 7.68. The van der Waals surface area contributed by atoms with E-state index in [9.17, 15) is 19.6 Å². The predicted molar refractivity (Wildman–Crippen MR) is 152 cm³/mol. The fraction of sp³-hybridized carbons (Fsp3) is 0.214. The fourth-order valence-electron chi connectivity index (χ4n) is 4.86. The Balaban J connectivity index is 1.38. The Morgan fingerprint density at radius 3 is 2.70 bits per heavy atom. The second-order valence-corrected chi connectivity index (χ2v) is 11.5. The first-order valence-corrected chi connectivity index (χ1v) is 14.2. The molecule has 2 heterocycles. The summed E-state index contributed by atoms with van der Waals surface area (Å²) in [6.07, 6.45) is 1.67. The molecule has 1 amide bonds. The third-order valence-corrected chi connectivity index (χ3v) is 8.66. The highest BCUT2D eigenvalue weighted by Crippen LogP contribution is 2.47. The minimum atomic E-state index is -1.04. The number of carboxylic acid groups (broad SMARTS) is 1. The van der Waals surface area contributed by atoms with Gasteiger partial charge in [-0.3, -0.25) is 14.5 Å². The van der Waals surface area contributed by atoms with Crippen molar-refractivity contribution >= 4 is 51.6 Å². The summed E-state index contributed by atoms with van der Waals surface area (Å²) in [6.45, 7) is 1.96. The largest absolute Gasteiger partial charge is 0.478 e. The van der Waals surface area contributed by atoms with Gasteiger partial charge in [-0.25, -0.2) is 4.79 Å². The predicted octanol–water partition coefficient (Wildman–Crippen LogP) is 4.58. The normalized spacial score (nSPS) is 16.9. The topological polar surface area (TPSA) is 162 Å². The molecule has 1 atom stereocenters. The Bertz CT molecular complexity index is 1620. The molecule has 3 aromatic rings. The van der Waals surface area contributed by atoms with Crippen LogP contribution in [0.5, 0.6) is 0 Å². The Morgan fingerprint density at radius 1 is 1.23 bits per heavy atom. The molecule has 0 saturated heterocycles. The highest BCUT2D eigenvalue weighted by Gasteiger charge is 2.41. The molecule has 5 rings (SSSR count). The number of nitriles is 1. The average Bonchev–Trinajstić information content (AvgIpc) is 3.40. The Labute approximate surface area is 238 Å². The molecule has 2 aliphatic rings. The lowest BCUT2D eigenvalue weighted by Crippen LogP contribution is -2.38. The molecule has 0 saturated carbocycles. The Morgan fingerprint density at radius 2 is 2.00 bits per heavy atom. The summed E-state index contributed by atoms with van der Waals surface area (Å²) in [7, 11) is 0. The second kappa shape index (κ2) is 11.3. The van der Waals surface area contributed by atoms with Crippen LogP contribution in [0.25, 0.3) is 0 Å². The molecular formula is C28H24N6O4S2. The van der Waals surface area contributed by atoms with Gasteiger partial charge in [0.2, 0.25) is 11.0 Å². The molecule has 1 aromatic heterocycles. The number of carbonyl (C=O) groups is 3. The molecule has 1 aliphatic heterocycles. The van der Waals surface area contributed by atoms with Crippen molar-refractivity contribution < 1.29 is 19.5 Å². The van der Waals surface area contributed by atoms with Gasteiger partial charge in [0.1, 0.15) is 5.82 Å². The number of nitrogens with zero attached hydrogens (tertiary/aromatic N) is 4. The van der Waals surface area contributed by atoms with Crippen molar-refractivity contribution in [3.8, 4) is 6.07 Å². The van der Waals surface area contributed by atoms with Gasteiger partial charge in [-0.2, -0.15) is 5.26 Å². The molecule has 2 aromatic carbocycles. The van der Waals surface area contributed by atoms with Gasteiger partial charge in [0.05, 0.1) is 28.9 Å². The maximum absolute atomic E-state index is 13.3. The lowest BCUT2D eigenvalue weighted by Gasteiger charge is -2.38. The van der Waals surface area contributed by atoms with Crippen LogP contribution in [0.4, 0.5) is 10.8 Å². The number of anilines is 2. The van der Waals surface area contributed by atoms with Crippen LogP contribution < -0.4 is 16.0 Å².